The van der Waals surface area contributed by atoms with Crippen LogP contribution in [0.25, 0.3) is 0 Å². The van der Waals surface area contributed by atoms with Crippen molar-refractivity contribution in [1.29, 1.82) is 0 Å². The van der Waals surface area contributed by atoms with Crippen LogP contribution in [0, 0.1) is 5.92 Å². The minimum atomic E-state index is -0.219. The standard InChI is InChI=1S/C17H23N3O3/c21-15-6-5-14(12-18-15)17(23)20-9-7-19(8-10-20)16(22)11-13-3-1-2-4-13/h5-6,12-13H,1-4,7-11H2,(H,18,21). The van der Waals surface area contributed by atoms with Crippen LogP contribution < -0.4 is 5.56 Å². The monoisotopic (exact) mass is 317 g/mol. The maximum atomic E-state index is 12.4. The van der Waals surface area contributed by atoms with E-state index in [1.54, 1.807) is 11.0 Å². The summed E-state index contributed by atoms with van der Waals surface area (Å²) < 4.78 is 0. The molecule has 6 nitrogen and oxygen atoms in total. The van der Waals surface area contributed by atoms with Crippen molar-refractivity contribution >= 4 is 11.8 Å². The molecule has 0 atom stereocenters. The molecule has 1 N–H and O–H groups in total. The first-order chi connectivity index (χ1) is 11.1. The molecule has 1 aliphatic carbocycles. The predicted molar refractivity (Wildman–Crippen MR) is 86.1 cm³/mol. The van der Waals surface area contributed by atoms with E-state index < -0.39 is 0 Å². The largest absolute Gasteiger partial charge is 0.339 e. The molecule has 3 rings (SSSR count). The van der Waals surface area contributed by atoms with E-state index in [1.165, 1.54) is 37.9 Å². The third-order valence-electron chi connectivity index (χ3n) is 4.89. The maximum absolute atomic E-state index is 12.4. The third kappa shape index (κ3) is 3.81. The Balaban J connectivity index is 1.51. The maximum Gasteiger partial charge on any atom is 0.255 e. The van der Waals surface area contributed by atoms with Crippen molar-refractivity contribution in [3.05, 3.63) is 34.2 Å². The van der Waals surface area contributed by atoms with E-state index in [1.807, 2.05) is 4.90 Å². The van der Waals surface area contributed by atoms with Gasteiger partial charge in [-0.2, -0.15) is 0 Å². The third-order valence-corrected chi connectivity index (χ3v) is 4.89. The smallest absolute Gasteiger partial charge is 0.255 e. The van der Waals surface area contributed by atoms with Crippen LogP contribution in [0.2, 0.25) is 0 Å². The number of carbonyl (C=O) groups is 2. The van der Waals surface area contributed by atoms with Crippen LogP contribution in [0.1, 0.15) is 42.5 Å². The van der Waals surface area contributed by atoms with Gasteiger partial charge in [0.1, 0.15) is 0 Å². The quantitative estimate of drug-likeness (QED) is 0.911. The molecule has 2 amide bonds. The number of pyridine rings is 1. The lowest BCUT2D eigenvalue weighted by atomic mass is 10.0. The summed E-state index contributed by atoms with van der Waals surface area (Å²) in [5, 5.41) is 0. The predicted octanol–water partition coefficient (Wildman–Crippen LogP) is 1.24. The van der Waals surface area contributed by atoms with Crippen molar-refractivity contribution in [1.82, 2.24) is 14.8 Å². The summed E-state index contributed by atoms with van der Waals surface area (Å²) in [4.78, 5) is 41.9. The second-order valence-corrected chi connectivity index (χ2v) is 6.47. The van der Waals surface area contributed by atoms with Gasteiger partial charge in [0.25, 0.3) is 5.91 Å². The zero-order valence-electron chi connectivity index (χ0n) is 13.3. The number of amides is 2. The molecule has 6 heteroatoms. The molecule has 0 radical (unpaired) electrons. The lowest BCUT2D eigenvalue weighted by Gasteiger charge is -2.35. The van der Waals surface area contributed by atoms with Crippen molar-refractivity contribution in [2.75, 3.05) is 26.2 Å². The Morgan fingerprint density at radius 1 is 1.04 bits per heavy atom. The van der Waals surface area contributed by atoms with Gasteiger partial charge in [-0.15, -0.1) is 0 Å². The number of aromatic nitrogens is 1. The zero-order valence-corrected chi connectivity index (χ0v) is 13.3. The Morgan fingerprint density at radius 2 is 1.70 bits per heavy atom. The highest BCUT2D eigenvalue weighted by Crippen LogP contribution is 2.28. The Morgan fingerprint density at radius 3 is 2.30 bits per heavy atom. The number of H-pyrrole nitrogens is 1. The fourth-order valence-electron chi connectivity index (χ4n) is 3.48. The molecule has 2 heterocycles. The van der Waals surface area contributed by atoms with Crippen molar-refractivity contribution in [3.8, 4) is 0 Å². The van der Waals surface area contributed by atoms with E-state index in [0.29, 0.717) is 44.1 Å². The summed E-state index contributed by atoms with van der Waals surface area (Å²) in [7, 11) is 0. The van der Waals surface area contributed by atoms with Gasteiger partial charge in [0.2, 0.25) is 11.5 Å². The fourth-order valence-corrected chi connectivity index (χ4v) is 3.48. The van der Waals surface area contributed by atoms with Crippen LogP contribution >= 0.6 is 0 Å². The molecule has 0 spiro atoms. The molecule has 1 saturated heterocycles. The Bertz CT molecular complexity index is 606. The van der Waals surface area contributed by atoms with Crippen molar-refractivity contribution in [2.45, 2.75) is 32.1 Å². The number of carbonyl (C=O) groups excluding carboxylic acids is 2. The number of hydrogen-bond donors (Lipinski definition) is 1. The molecule has 2 aliphatic rings. The van der Waals surface area contributed by atoms with Crippen LogP contribution in [0.4, 0.5) is 0 Å². The van der Waals surface area contributed by atoms with E-state index >= 15 is 0 Å². The molecule has 23 heavy (non-hydrogen) atoms. The van der Waals surface area contributed by atoms with Gasteiger partial charge in [0.05, 0.1) is 5.56 Å². The lowest BCUT2D eigenvalue weighted by molar-refractivity contribution is -0.133. The Labute approximate surface area is 135 Å². The van der Waals surface area contributed by atoms with Gasteiger partial charge in [0, 0.05) is 44.9 Å². The Hall–Kier alpha value is -2.11. The number of piperazine rings is 1. The number of nitrogens with zero attached hydrogens (tertiary/aromatic N) is 2. The lowest BCUT2D eigenvalue weighted by Crippen LogP contribution is -2.50. The molecule has 2 fully saturated rings. The number of rotatable bonds is 3. The van der Waals surface area contributed by atoms with Gasteiger partial charge in [-0.05, 0) is 24.8 Å². The average Bonchev–Trinajstić information content (AvgIpc) is 3.08. The summed E-state index contributed by atoms with van der Waals surface area (Å²) in [6, 6.07) is 2.90. The second-order valence-electron chi connectivity index (χ2n) is 6.47. The first-order valence-corrected chi connectivity index (χ1v) is 8.39. The van der Waals surface area contributed by atoms with Gasteiger partial charge in [-0.25, -0.2) is 0 Å². The van der Waals surface area contributed by atoms with Crippen LogP contribution in [0.5, 0.6) is 0 Å². The summed E-state index contributed by atoms with van der Waals surface area (Å²) >= 11 is 0. The van der Waals surface area contributed by atoms with Crippen molar-refractivity contribution in [2.24, 2.45) is 5.92 Å². The number of aromatic amines is 1. The highest BCUT2D eigenvalue weighted by atomic mass is 16.2. The summed E-state index contributed by atoms with van der Waals surface area (Å²) in [6.07, 6.45) is 6.96. The van der Waals surface area contributed by atoms with Crippen LogP contribution in [0.15, 0.2) is 23.1 Å². The number of hydrogen-bond acceptors (Lipinski definition) is 3. The Kier molecular flexibility index (Phi) is 4.79. The van der Waals surface area contributed by atoms with E-state index in [2.05, 4.69) is 4.98 Å². The molecule has 124 valence electrons. The first kappa shape index (κ1) is 15.8. The average molecular weight is 317 g/mol. The number of nitrogens with one attached hydrogen (secondary N) is 1. The highest BCUT2D eigenvalue weighted by molar-refractivity contribution is 5.94. The van der Waals surface area contributed by atoms with Gasteiger partial charge in [0.15, 0.2) is 0 Å². The summed E-state index contributed by atoms with van der Waals surface area (Å²) in [6.45, 7) is 2.30. The highest BCUT2D eigenvalue weighted by Gasteiger charge is 2.27. The molecule has 0 bridgehead atoms. The van der Waals surface area contributed by atoms with Crippen LogP contribution in [-0.2, 0) is 4.79 Å². The normalized spacial score (nSPS) is 19.1. The molecule has 0 aromatic carbocycles. The fraction of sp³-hybridized carbons (Fsp3) is 0.588. The SMILES string of the molecule is O=C(CC1CCCC1)N1CCN(C(=O)c2ccc(=O)[nH]c2)CC1. The van der Waals surface area contributed by atoms with Gasteiger partial charge in [-0.3, -0.25) is 14.4 Å². The van der Waals surface area contributed by atoms with Crippen molar-refractivity contribution < 1.29 is 9.59 Å². The van der Waals surface area contributed by atoms with E-state index in [4.69, 9.17) is 0 Å². The molecule has 0 unspecified atom stereocenters. The molecule has 1 saturated carbocycles. The van der Waals surface area contributed by atoms with Gasteiger partial charge >= 0.3 is 0 Å². The van der Waals surface area contributed by atoms with Crippen LogP contribution in [0.3, 0.4) is 0 Å². The van der Waals surface area contributed by atoms with E-state index in [-0.39, 0.29) is 17.4 Å². The minimum Gasteiger partial charge on any atom is -0.339 e. The molecular formula is C17H23N3O3. The summed E-state index contributed by atoms with van der Waals surface area (Å²) in [5.74, 6) is 0.695. The molecule has 1 aromatic heterocycles. The second kappa shape index (κ2) is 6.98. The summed E-state index contributed by atoms with van der Waals surface area (Å²) in [5.41, 5.74) is 0.263. The first-order valence-electron chi connectivity index (χ1n) is 8.39. The van der Waals surface area contributed by atoms with Gasteiger partial charge < -0.3 is 14.8 Å². The van der Waals surface area contributed by atoms with Crippen molar-refractivity contribution in [3.63, 3.8) is 0 Å². The van der Waals surface area contributed by atoms with E-state index in [0.717, 1.165) is 0 Å². The van der Waals surface area contributed by atoms with Crippen LogP contribution in [-0.4, -0.2) is 52.8 Å². The molecular weight excluding hydrogens is 294 g/mol. The van der Waals surface area contributed by atoms with E-state index in [9.17, 15) is 14.4 Å². The minimum absolute atomic E-state index is 0.0934. The molecule has 1 aliphatic heterocycles. The molecule has 1 aromatic rings. The topological polar surface area (TPSA) is 73.5 Å². The zero-order chi connectivity index (χ0) is 16.2. The van der Waals surface area contributed by atoms with Gasteiger partial charge in [-0.1, -0.05) is 12.8 Å².